The summed E-state index contributed by atoms with van der Waals surface area (Å²) in [5, 5.41) is 24.8. The Balaban J connectivity index is 1.48. The molecule has 0 spiro atoms. The number of ether oxygens (including phenoxy) is 1. The molecule has 0 aliphatic carbocycles. The van der Waals surface area contributed by atoms with Crippen molar-refractivity contribution < 1.29 is 33.0 Å². The van der Waals surface area contributed by atoms with E-state index in [-0.39, 0.29) is 38.4 Å². The van der Waals surface area contributed by atoms with Gasteiger partial charge in [0.15, 0.2) is 16.8 Å². The third kappa shape index (κ3) is 4.54. The maximum absolute atomic E-state index is 13.3. The number of halogens is 1. The second-order valence-electron chi connectivity index (χ2n) is 7.12. The predicted octanol–water partition coefficient (Wildman–Crippen LogP) is 2.18. The fourth-order valence-electron chi connectivity index (χ4n) is 3.04. The molecular formula is C21H21FN4O6. The quantitative estimate of drug-likeness (QED) is 0.286. The standard InChI is InChI=1S/C21H21FN4O6/c1-21(29,18(28)23-6-8-30-9-7-27)12-2-4-16-14(10-12)24-19(31-16)26-20-25-15-11-13(22)3-5-17(15)32-20/h2-5,10-11,27,29H,6-9H2,1H3,(H,23,28)(H,24,25,26). The summed E-state index contributed by atoms with van der Waals surface area (Å²) in [4.78, 5) is 20.8. The molecule has 4 aromatic rings. The van der Waals surface area contributed by atoms with Gasteiger partial charge < -0.3 is 29.1 Å². The number of nitrogens with zero attached hydrogens (tertiary/aromatic N) is 2. The summed E-state index contributed by atoms with van der Waals surface area (Å²) >= 11 is 0. The van der Waals surface area contributed by atoms with Gasteiger partial charge in [0.25, 0.3) is 5.91 Å². The van der Waals surface area contributed by atoms with Gasteiger partial charge in [0.1, 0.15) is 16.9 Å². The summed E-state index contributed by atoms with van der Waals surface area (Å²) in [5.74, 6) is -1.04. The van der Waals surface area contributed by atoms with E-state index in [0.717, 1.165) is 0 Å². The highest BCUT2D eigenvalue weighted by Crippen LogP contribution is 2.28. The number of aliphatic hydroxyl groups excluding tert-OH is 1. The second kappa shape index (κ2) is 8.91. The van der Waals surface area contributed by atoms with Gasteiger partial charge in [0.2, 0.25) is 0 Å². The van der Waals surface area contributed by atoms with Crippen LogP contribution in [0.3, 0.4) is 0 Å². The number of oxazole rings is 2. The summed E-state index contributed by atoms with van der Waals surface area (Å²) in [5.41, 5.74) is 0.0440. The van der Waals surface area contributed by atoms with Crippen LogP contribution in [0, 0.1) is 5.82 Å². The third-order valence-electron chi connectivity index (χ3n) is 4.72. The molecule has 4 rings (SSSR count). The molecule has 0 aliphatic heterocycles. The average Bonchev–Trinajstić information content (AvgIpc) is 3.35. The van der Waals surface area contributed by atoms with E-state index < -0.39 is 17.3 Å². The molecule has 2 aromatic heterocycles. The van der Waals surface area contributed by atoms with Crippen LogP contribution in [0.2, 0.25) is 0 Å². The molecule has 4 N–H and O–H groups in total. The van der Waals surface area contributed by atoms with Gasteiger partial charge in [-0.1, -0.05) is 6.07 Å². The molecule has 168 valence electrons. The Hall–Kier alpha value is -3.54. The first-order chi connectivity index (χ1) is 15.4. The lowest BCUT2D eigenvalue weighted by molar-refractivity contribution is -0.139. The van der Waals surface area contributed by atoms with Crippen LogP contribution in [0.25, 0.3) is 22.2 Å². The molecule has 1 unspecified atom stereocenters. The van der Waals surface area contributed by atoms with Crippen LogP contribution in [0.4, 0.5) is 16.4 Å². The van der Waals surface area contributed by atoms with E-state index in [9.17, 15) is 14.3 Å². The van der Waals surface area contributed by atoms with Crippen molar-refractivity contribution in [3.8, 4) is 0 Å². The largest absolute Gasteiger partial charge is 0.423 e. The van der Waals surface area contributed by atoms with Gasteiger partial charge in [0.05, 0.1) is 19.8 Å². The zero-order chi connectivity index (χ0) is 22.7. The molecule has 0 fully saturated rings. The van der Waals surface area contributed by atoms with E-state index in [1.54, 1.807) is 12.1 Å². The Bertz CT molecular complexity index is 1250. The van der Waals surface area contributed by atoms with Crippen LogP contribution in [0.1, 0.15) is 12.5 Å². The first kappa shape index (κ1) is 21.7. The molecule has 2 aromatic carbocycles. The molecule has 1 amide bonds. The topological polar surface area (TPSA) is 143 Å². The van der Waals surface area contributed by atoms with E-state index in [1.165, 1.54) is 31.2 Å². The van der Waals surface area contributed by atoms with Crippen molar-refractivity contribution in [2.45, 2.75) is 12.5 Å². The predicted molar refractivity (Wildman–Crippen MR) is 112 cm³/mol. The molecule has 32 heavy (non-hydrogen) atoms. The summed E-state index contributed by atoms with van der Waals surface area (Å²) < 4.78 is 29.5. The van der Waals surface area contributed by atoms with Gasteiger partial charge in [0, 0.05) is 12.6 Å². The third-order valence-corrected chi connectivity index (χ3v) is 4.72. The second-order valence-corrected chi connectivity index (χ2v) is 7.12. The molecule has 0 saturated carbocycles. The molecule has 10 nitrogen and oxygen atoms in total. The van der Waals surface area contributed by atoms with Gasteiger partial charge in [-0.05, 0) is 36.8 Å². The summed E-state index contributed by atoms with van der Waals surface area (Å²) in [6.45, 7) is 1.83. The van der Waals surface area contributed by atoms with E-state index in [4.69, 9.17) is 18.7 Å². The smallest absolute Gasteiger partial charge is 0.303 e. The van der Waals surface area contributed by atoms with Crippen LogP contribution in [-0.4, -0.2) is 52.5 Å². The van der Waals surface area contributed by atoms with Crippen molar-refractivity contribution in [1.29, 1.82) is 0 Å². The Morgan fingerprint density at radius 2 is 1.75 bits per heavy atom. The van der Waals surface area contributed by atoms with Crippen LogP contribution < -0.4 is 10.6 Å². The number of nitrogens with one attached hydrogen (secondary N) is 2. The monoisotopic (exact) mass is 444 g/mol. The van der Waals surface area contributed by atoms with E-state index >= 15 is 0 Å². The first-order valence-electron chi connectivity index (χ1n) is 9.80. The van der Waals surface area contributed by atoms with Gasteiger partial charge >= 0.3 is 12.0 Å². The van der Waals surface area contributed by atoms with Gasteiger partial charge in [-0.3, -0.25) is 10.1 Å². The van der Waals surface area contributed by atoms with Crippen LogP contribution in [-0.2, 0) is 15.1 Å². The molecule has 0 aliphatic rings. The van der Waals surface area contributed by atoms with Crippen molar-refractivity contribution >= 4 is 40.1 Å². The van der Waals surface area contributed by atoms with E-state index in [0.29, 0.717) is 27.8 Å². The maximum atomic E-state index is 13.3. The summed E-state index contributed by atoms with van der Waals surface area (Å²) in [6.07, 6.45) is 0. The van der Waals surface area contributed by atoms with Crippen molar-refractivity contribution in [1.82, 2.24) is 15.3 Å². The van der Waals surface area contributed by atoms with E-state index in [2.05, 4.69) is 20.6 Å². The minimum absolute atomic E-state index is 0.0761. The Labute approximate surface area is 181 Å². The number of fused-ring (bicyclic) bond motifs is 2. The Kier molecular flexibility index (Phi) is 6.04. The maximum Gasteiger partial charge on any atom is 0.303 e. The number of hydrogen-bond donors (Lipinski definition) is 4. The number of aliphatic hydroxyl groups is 2. The van der Waals surface area contributed by atoms with Crippen LogP contribution in [0.5, 0.6) is 0 Å². The molecule has 2 heterocycles. The Morgan fingerprint density at radius 3 is 2.44 bits per heavy atom. The SMILES string of the molecule is CC(O)(C(=O)NCCOCCO)c1ccc2oc(Nc3nc4cc(F)ccc4o3)nc2c1. The zero-order valence-corrected chi connectivity index (χ0v) is 17.1. The molecule has 11 heteroatoms. The summed E-state index contributed by atoms with van der Waals surface area (Å²) in [7, 11) is 0. The number of rotatable bonds is 9. The minimum Gasteiger partial charge on any atom is -0.423 e. The zero-order valence-electron chi connectivity index (χ0n) is 17.1. The first-order valence-corrected chi connectivity index (χ1v) is 9.80. The Morgan fingerprint density at radius 1 is 1.09 bits per heavy atom. The van der Waals surface area contributed by atoms with Crippen LogP contribution in [0.15, 0.2) is 45.2 Å². The van der Waals surface area contributed by atoms with E-state index in [1.807, 2.05) is 0 Å². The number of carbonyl (C=O) groups excluding carboxylic acids is 1. The number of aromatic nitrogens is 2. The number of benzene rings is 2. The highest BCUT2D eigenvalue weighted by molar-refractivity contribution is 5.87. The van der Waals surface area contributed by atoms with Gasteiger partial charge in [-0.25, -0.2) is 4.39 Å². The number of carbonyl (C=O) groups is 1. The fourth-order valence-corrected chi connectivity index (χ4v) is 3.04. The molecule has 0 radical (unpaired) electrons. The lowest BCUT2D eigenvalue weighted by atomic mass is 9.95. The normalized spacial score (nSPS) is 13.4. The number of anilines is 2. The van der Waals surface area contributed by atoms with Crippen LogP contribution >= 0.6 is 0 Å². The molecule has 0 saturated heterocycles. The minimum atomic E-state index is -1.82. The lowest BCUT2D eigenvalue weighted by Crippen LogP contribution is -2.43. The molecule has 0 bridgehead atoms. The van der Waals surface area contributed by atoms with Crippen molar-refractivity contribution in [2.24, 2.45) is 0 Å². The summed E-state index contributed by atoms with van der Waals surface area (Å²) in [6, 6.07) is 8.80. The van der Waals surface area contributed by atoms with Crippen molar-refractivity contribution in [2.75, 3.05) is 31.7 Å². The lowest BCUT2D eigenvalue weighted by Gasteiger charge is -2.22. The number of hydrogen-bond acceptors (Lipinski definition) is 9. The highest BCUT2D eigenvalue weighted by Gasteiger charge is 2.32. The fraction of sp³-hybridized carbons (Fsp3) is 0.286. The van der Waals surface area contributed by atoms with Gasteiger partial charge in [-0.15, -0.1) is 0 Å². The highest BCUT2D eigenvalue weighted by atomic mass is 19.1. The molecular weight excluding hydrogens is 423 g/mol. The molecule has 1 atom stereocenters. The van der Waals surface area contributed by atoms with Crippen molar-refractivity contribution in [3.05, 3.63) is 47.8 Å². The van der Waals surface area contributed by atoms with Crippen molar-refractivity contribution in [3.63, 3.8) is 0 Å². The number of amides is 1. The average molecular weight is 444 g/mol. The van der Waals surface area contributed by atoms with Gasteiger partial charge in [-0.2, -0.15) is 9.97 Å².